The first kappa shape index (κ1) is 30.3. The largest absolute Gasteiger partial charge is 0.495 e. The van der Waals surface area contributed by atoms with Gasteiger partial charge in [-0.05, 0) is 85.0 Å². The lowest BCUT2D eigenvalue weighted by Gasteiger charge is -2.38. The lowest BCUT2D eigenvalue weighted by Crippen LogP contribution is -2.43. The molecule has 2 aliphatic rings. The van der Waals surface area contributed by atoms with Crippen LogP contribution in [0.4, 0.5) is 34.5 Å². The van der Waals surface area contributed by atoms with Crippen molar-refractivity contribution >= 4 is 71.5 Å². The van der Waals surface area contributed by atoms with Crippen molar-refractivity contribution in [3.63, 3.8) is 0 Å². The Hall–Kier alpha value is -3.75. The second kappa shape index (κ2) is 12.7. The summed E-state index contributed by atoms with van der Waals surface area (Å²) in [6.45, 7) is 4.48. The standard InChI is InChI=1S/C30H36BrN9O3S/c1-38(44(3,41)42)28-24(8-7-23-27(28)33-13-12-32-23)35-29-22(31)19-34-30(37-29)36-25-18-21(6-9-26(25)43-2)40-16-10-20(11-17-40)39-14-4-5-15-39/h6-9,12-13,18-20H,4-5,10-11,14-17H2,1-3H3,(H2,34,35,36,37). The zero-order chi connectivity index (χ0) is 30.8. The molecule has 6 rings (SSSR count). The van der Waals surface area contributed by atoms with Crippen LogP contribution in [-0.4, -0.2) is 85.9 Å². The molecule has 0 saturated carbocycles. The number of nitrogens with zero attached hydrogens (tertiary/aromatic N) is 7. The second-order valence-corrected chi connectivity index (χ2v) is 14.0. The van der Waals surface area contributed by atoms with Crippen LogP contribution in [0.1, 0.15) is 25.7 Å². The average Bonchev–Trinajstić information content (AvgIpc) is 3.57. The van der Waals surface area contributed by atoms with E-state index in [4.69, 9.17) is 9.72 Å². The lowest BCUT2D eigenvalue weighted by molar-refractivity contribution is 0.208. The molecule has 0 unspecified atom stereocenters. The van der Waals surface area contributed by atoms with E-state index in [0.29, 0.717) is 50.4 Å². The smallest absolute Gasteiger partial charge is 0.232 e. The first-order chi connectivity index (χ1) is 21.2. The first-order valence-corrected chi connectivity index (χ1v) is 17.3. The average molecular weight is 683 g/mol. The molecule has 2 N–H and O–H groups in total. The summed E-state index contributed by atoms with van der Waals surface area (Å²) in [5.74, 6) is 1.46. The number of hydrogen-bond acceptors (Lipinski definition) is 11. The molecule has 0 radical (unpaired) electrons. The van der Waals surface area contributed by atoms with Crippen LogP contribution in [-0.2, 0) is 10.0 Å². The van der Waals surface area contributed by atoms with Crippen LogP contribution in [0.15, 0.2) is 53.4 Å². The maximum absolute atomic E-state index is 12.6. The van der Waals surface area contributed by atoms with Crippen molar-refractivity contribution in [2.24, 2.45) is 0 Å². The van der Waals surface area contributed by atoms with Crippen LogP contribution in [0.25, 0.3) is 11.0 Å². The van der Waals surface area contributed by atoms with E-state index in [-0.39, 0.29) is 0 Å². The number of likely N-dealkylation sites (tertiary alicyclic amines) is 1. The number of hydrogen-bond donors (Lipinski definition) is 2. The Bertz CT molecular complexity index is 1760. The predicted octanol–water partition coefficient (Wildman–Crippen LogP) is 5.14. The van der Waals surface area contributed by atoms with Crippen molar-refractivity contribution < 1.29 is 13.2 Å². The summed E-state index contributed by atoms with van der Waals surface area (Å²) in [7, 11) is -0.477. The summed E-state index contributed by atoms with van der Waals surface area (Å²) in [5.41, 5.74) is 3.74. The van der Waals surface area contributed by atoms with Crippen LogP contribution < -0.4 is 24.6 Å². The molecule has 44 heavy (non-hydrogen) atoms. The van der Waals surface area contributed by atoms with Gasteiger partial charge in [-0.1, -0.05) is 0 Å². The van der Waals surface area contributed by atoms with Crippen molar-refractivity contribution in [1.29, 1.82) is 0 Å². The number of anilines is 6. The van der Waals surface area contributed by atoms with Crippen molar-refractivity contribution in [2.45, 2.75) is 31.7 Å². The van der Waals surface area contributed by atoms with E-state index in [1.165, 1.54) is 43.5 Å². The molecular weight excluding hydrogens is 646 g/mol. The third kappa shape index (κ3) is 6.37. The van der Waals surface area contributed by atoms with E-state index in [9.17, 15) is 8.42 Å². The van der Waals surface area contributed by atoms with Gasteiger partial charge in [0.25, 0.3) is 0 Å². The van der Waals surface area contributed by atoms with Gasteiger partial charge in [-0.25, -0.2) is 13.4 Å². The lowest BCUT2D eigenvalue weighted by atomic mass is 10.0. The first-order valence-electron chi connectivity index (χ1n) is 14.6. The molecule has 12 nitrogen and oxygen atoms in total. The van der Waals surface area contributed by atoms with E-state index >= 15 is 0 Å². The topological polar surface area (TPSA) is 129 Å². The molecule has 0 bridgehead atoms. The summed E-state index contributed by atoms with van der Waals surface area (Å²) in [5, 5.41) is 6.61. The minimum Gasteiger partial charge on any atom is -0.495 e. The molecule has 4 aromatic rings. The minimum atomic E-state index is -3.60. The molecule has 2 aromatic heterocycles. The molecule has 0 amide bonds. The zero-order valence-corrected chi connectivity index (χ0v) is 27.4. The summed E-state index contributed by atoms with van der Waals surface area (Å²) in [6, 6.07) is 10.4. The normalized spacial score (nSPS) is 16.3. The number of rotatable bonds is 9. The number of sulfonamides is 1. The number of fused-ring (bicyclic) bond motifs is 1. The number of ether oxygens (including phenoxy) is 1. The van der Waals surface area contributed by atoms with Gasteiger partial charge in [0.2, 0.25) is 16.0 Å². The van der Waals surface area contributed by atoms with Crippen LogP contribution in [0.5, 0.6) is 5.75 Å². The third-order valence-electron chi connectivity index (χ3n) is 8.34. The molecule has 2 aromatic carbocycles. The molecule has 2 saturated heterocycles. The molecule has 232 valence electrons. The Morgan fingerprint density at radius 3 is 2.45 bits per heavy atom. The molecule has 0 spiro atoms. The quantitative estimate of drug-likeness (QED) is 0.244. The van der Waals surface area contributed by atoms with E-state index in [1.807, 2.05) is 6.07 Å². The van der Waals surface area contributed by atoms with Crippen molar-refractivity contribution in [3.05, 3.63) is 53.4 Å². The summed E-state index contributed by atoms with van der Waals surface area (Å²) < 4.78 is 32.6. The fourth-order valence-corrected chi connectivity index (χ4v) is 6.76. The van der Waals surface area contributed by atoms with Gasteiger partial charge >= 0.3 is 0 Å². The van der Waals surface area contributed by atoms with Gasteiger partial charge in [-0.15, -0.1) is 0 Å². The summed E-state index contributed by atoms with van der Waals surface area (Å²) >= 11 is 3.54. The Labute approximate surface area is 266 Å². The van der Waals surface area contributed by atoms with Gasteiger partial charge in [0, 0.05) is 50.5 Å². The maximum atomic E-state index is 12.6. The number of aromatic nitrogens is 4. The summed E-state index contributed by atoms with van der Waals surface area (Å²) in [4.78, 5) is 23.0. The number of halogens is 1. The third-order valence-corrected chi connectivity index (χ3v) is 10.1. The minimum absolute atomic E-state index is 0.345. The fraction of sp³-hybridized carbons (Fsp3) is 0.400. The monoisotopic (exact) mass is 681 g/mol. The highest BCUT2D eigenvalue weighted by atomic mass is 79.9. The molecule has 4 heterocycles. The van der Waals surface area contributed by atoms with E-state index in [0.717, 1.165) is 43.6 Å². The number of nitrogens with one attached hydrogen (secondary N) is 2. The SMILES string of the molecule is COc1ccc(N2CCC(N3CCCC3)CC2)cc1Nc1ncc(Br)c(Nc2ccc3nccnc3c2N(C)S(C)(=O)=O)n1. The molecule has 14 heteroatoms. The molecular formula is C30H36BrN9O3S. The molecule has 2 fully saturated rings. The van der Waals surface area contributed by atoms with E-state index < -0.39 is 10.0 Å². The summed E-state index contributed by atoms with van der Waals surface area (Å²) in [6.07, 6.45) is 10.8. The molecule has 2 aliphatic heterocycles. The van der Waals surface area contributed by atoms with Crippen LogP contribution in [0.3, 0.4) is 0 Å². The zero-order valence-electron chi connectivity index (χ0n) is 25.0. The Kier molecular flexibility index (Phi) is 8.74. The highest BCUT2D eigenvalue weighted by Gasteiger charge is 2.27. The second-order valence-electron chi connectivity index (χ2n) is 11.1. The van der Waals surface area contributed by atoms with Crippen molar-refractivity contribution in [3.8, 4) is 5.75 Å². The molecule has 0 aliphatic carbocycles. The highest BCUT2D eigenvalue weighted by Crippen LogP contribution is 2.37. The Morgan fingerprint density at radius 1 is 0.977 bits per heavy atom. The number of benzene rings is 2. The van der Waals surface area contributed by atoms with Gasteiger partial charge in [0.15, 0.2) is 0 Å². The van der Waals surface area contributed by atoms with Crippen molar-refractivity contribution in [1.82, 2.24) is 24.8 Å². The molecule has 0 atom stereocenters. The fourth-order valence-electron chi connectivity index (χ4n) is 5.96. The van der Waals surface area contributed by atoms with Gasteiger partial charge < -0.3 is 25.2 Å². The Balaban J connectivity index is 1.26. The maximum Gasteiger partial charge on any atom is 0.232 e. The highest BCUT2D eigenvalue weighted by molar-refractivity contribution is 9.10. The van der Waals surface area contributed by atoms with Crippen LogP contribution in [0.2, 0.25) is 0 Å². The van der Waals surface area contributed by atoms with Crippen molar-refractivity contribution in [2.75, 3.05) is 66.4 Å². The van der Waals surface area contributed by atoms with E-state index in [2.05, 4.69) is 63.4 Å². The van der Waals surface area contributed by atoms with Crippen LogP contribution in [0, 0.1) is 0 Å². The number of methoxy groups -OCH3 is 1. The van der Waals surface area contributed by atoms with Crippen LogP contribution >= 0.6 is 15.9 Å². The van der Waals surface area contributed by atoms with Gasteiger partial charge in [-0.3, -0.25) is 14.3 Å². The van der Waals surface area contributed by atoms with E-state index in [1.54, 1.807) is 31.6 Å². The van der Waals surface area contributed by atoms with Gasteiger partial charge in [0.1, 0.15) is 22.8 Å². The van der Waals surface area contributed by atoms with Gasteiger partial charge in [0.05, 0.1) is 34.7 Å². The Morgan fingerprint density at radius 2 is 1.73 bits per heavy atom. The number of piperidine rings is 1. The predicted molar refractivity (Wildman–Crippen MR) is 178 cm³/mol. The van der Waals surface area contributed by atoms with Gasteiger partial charge in [-0.2, -0.15) is 4.98 Å².